The summed E-state index contributed by atoms with van der Waals surface area (Å²) in [5, 5.41) is 2.98. The van der Waals surface area contributed by atoms with E-state index in [0.29, 0.717) is 50.4 Å². The molecule has 1 aromatic carbocycles. The van der Waals surface area contributed by atoms with E-state index >= 15 is 0 Å². The molecule has 2 fully saturated rings. The van der Waals surface area contributed by atoms with Crippen molar-refractivity contribution in [2.24, 2.45) is 0 Å². The van der Waals surface area contributed by atoms with E-state index in [0.717, 1.165) is 25.2 Å². The third-order valence-electron chi connectivity index (χ3n) is 6.57. The van der Waals surface area contributed by atoms with Gasteiger partial charge in [0.15, 0.2) is 5.72 Å². The SMILES string of the molecule is COCCN1CCN(C(=O)CN2CC[C@]3(CCC2=O)NC(=O)c2cc(C)ccc2O3)CC1. The van der Waals surface area contributed by atoms with Crippen molar-refractivity contribution < 1.29 is 23.9 Å². The van der Waals surface area contributed by atoms with Gasteiger partial charge in [0.05, 0.1) is 18.7 Å². The number of fused-ring (bicyclic) bond motifs is 1. The van der Waals surface area contributed by atoms with Gasteiger partial charge in [-0.25, -0.2) is 0 Å². The van der Waals surface area contributed by atoms with E-state index in [9.17, 15) is 14.4 Å². The summed E-state index contributed by atoms with van der Waals surface area (Å²) in [5.41, 5.74) is 0.585. The van der Waals surface area contributed by atoms with Crippen LogP contribution in [-0.4, -0.2) is 97.7 Å². The standard InChI is InChI=1S/C23H32N4O5/c1-17-3-4-19-18(15-17)22(30)24-23(32-19)6-5-20(28)27(8-7-23)16-21(29)26-11-9-25(10-12-26)13-14-31-2/h3-4,15H,5-14,16H2,1-2H3,(H,24,30)/t23-/m1/s1. The molecule has 9 heteroatoms. The topological polar surface area (TPSA) is 91.4 Å². The molecule has 0 aliphatic carbocycles. The van der Waals surface area contributed by atoms with Crippen LogP contribution in [0.3, 0.4) is 0 Å². The third-order valence-corrected chi connectivity index (χ3v) is 6.57. The second-order valence-corrected chi connectivity index (χ2v) is 8.83. The molecule has 0 radical (unpaired) electrons. The number of piperazine rings is 1. The number of hydrogen-bond acceptors (Lipinski definition) is 6. The lowest BCUT2D eigenvalue weighted by atomic mass is 9.99. The summed E-state index contributed by atoms with van der Waals surface area (Å²) < 4.78 is 11.3. The van der Waals surface area contributed by atoms with E-state index in [4.69, 9.17) is 9.47 Å². The van der Waals surface area contributed by atoms with E-state index in [1.165, 1.54) is 0 Å². The number of ether oxygens (including phenoxy) is 2. The van der Waals surface area contributed by atoms with E-state index < -0.39 is 5.72 Å². The fraction of sp³-hybridized carbons (Fsp3) is 0.609. The normalized spacial score (nSPS) is 24.1. The van der Waals surface area contributed by atoms with Crippen molar-refractivity contribution in [3.05, 3.63) is 29.3 Å². The Hall–Kier alpha value is -2.65. The number of carbonyl (C=O) groups excluding carboxylic acids is 3. The largest absolute Gasteiger partial charge is 0.467 e. The predicted octanol–water partition coefficient (Wildman–Crippen LogP) is 0.617. The smallest absolute Gasteiger partial charge is 0.258 e. The summed E-state index contributed by atoms with van der Waals surface area (Å²) in [4.78, 5) is 44.0. The third kappa shape index (κ3) is 4.88. The molecule has 1 N–H and O–H groups in total. The molecular formula is C23H32N4O5. The van der Waals surface area contributed by atoms with Gasteiger partial charge in [0.25, 0.3) is 5.91 Å². The Morgan fingerprint density at radius 2 is 1.94 bits per heavy atom. The Morgan fingerprint density at radius 1 is 1.16 bits per heavy atom. The molecule has 0 unspecified atom stereocenters. The molecule has 0 aromatic heterocycles. The van der Waals surface area contributed by atoms with Gasteiger partial charge in [-0.15, -0.1) is 0 Å². The molecule has 174 valence electrons. The number of hydrogen-bond donors (Lipinski definition) is 1. The first-order valence-electron chi connectivity index (χ1n) is 11.3. The van der Waals surface area contributed by atoms with Gasteiger partial charge in [0.2, 0.25) is 11.8 Å². The maximum absolute atomic E-state index is 12.8. The van der Waals surface area contributed by atoms with Crippen LogP contribution in [0.1, 0.15) is 35.2 Å². The summed E-state index contributed by atoms with van der Waals surface area (Å²) in [6.45, 7) is 6.83. The number of aryl methyl sites for hydroxylation is 1. The molecule has 1 aromatic rings. The van der Waals surface area contributed by atoms with Gasteiger partial charge in [-0.05, 0) is 19.1 Å². The second-order valence-electron chi connectivity index (χ2n) is 8.83. The zero-order chi connectivity index (χ0) is 22.7. The predicted molar refractivity (Wildman–Crippen MR) is 117 cm³/mol. The maximum Gasteiger partial charge on any atom is 0.258 e. The highest BCUT2D eigenvalue weighted by Gasteiger charge is 2.43. The highest BCUT2D eigenvalue weighted by Crippen LogP contribution is 2.34. The van der Waals surface area contributed by atoms with Crippen molar-refractivity contribution in [2.45, 2.75) is 31.9 Å². The molecule has 3 aliphatic rings. The number of carbonyl (C=O) groups is 3. The average molecular weight is 445 g/mol. The average Bonchev–Trinajstić information content (AvgIpc) is 2.93. The van der Waals surface area contributed by atoms with Crippen LogP contribution in [0.5, 0.6) is 5.75 Å². The van der Waals surface area contributed by atoms with Gasteiger partial charge in [-0.3, -0.25) is 19.3 Å². The van der Waals surface area contributed by atoms with E-state index in [1.807, 2.05) is 24.0 Å². The first-order chi connectivity index (χ1) is 15.4. The quantitative estimate of drug-likeness (QED) is 0.716. The molecule has 1 spiro atoms. The van der Waals surface area contributed by atoms with E-state index in [1.54, 1.807) is 18.1 Å². The molecule has 3 aliphatic heterocycles. The first-order valence-corrected chi connectivity index (χ1v) is 11.3. The summed E-state index contributed by atoms with van der Waals surface area (Å²) in [6.07, 6.45) is 1.04. The van der Waals surface area contributed by atoms with E-state index in [2.05, 4.69) is 10.2 Å². The van der Waals surface area contributed by atoms with E-state index in [-0.39, 0.29) is 30.7 Å². The Kier molecular flexibility index (Phi) is 6.66. The van der Waals surface area contributed by atoms with Crippen molar-refractivity contribution >= 4 is 17.7 Å². The number of methoxy groups -OCH3 is 1. The molecule has 9 nitrogen and oxygen atoms in total. The lowest BCUT2D eigenvalue weighted by molar-refractivity contribution is -0.141. The molecular weight excluding hydrogens is 412 g/mol. The summed E-state index contributed by atoms with van der Waals surface area (Å²) in [7, 11) is 1.69. The van der Waals surface area contributed by atoms with Crippen LogP contribution in [0.4, 0.5) is 0 Å². The van der Waals surface area contributed by atoms with Crippen LogP contribution >= 0.6 is 0 Å². The minimum atomic E-state index is -0.917. The van der Waals surface area contributed by atoms with Crippen LogP contribution in [0.25, 0.3) is 0 Å². The number of amides is 3. The summed E-state index contributed by atoms with van der Waals surface area (Å²) >= 11 is 0. The van der Waals surface area contributed by atoms with Gasteiger partial charge in [-0.2, -0.15) is 0 Å². The molecule has 1 atom stereocenters. The number of likely N-dealkylation sites (tertiary alicyclic amines) is 1. The number of nitrogens with one attached hydrogen (secondary N) is 1. The van der Waals surface area contributed by atoms with Crippen molar-refractivity contribution in [3.8, 4) is 5.75 Å². The summed E-state index contributed by atoms with van der Waals surface area (Å²) in [5.74, 6) is 0.248. The second kappa shape index (κ2) is 9.46. The van der Waals surface area contributed by atoms with Crippen molar-refractivity contribution in [2.75, 3.05) is 59.5 Å². The zero-order valence-electron chi connectivity index (χ0n) is 18.9. The van der Waals surface area contributed by atoms with Crippen LogP contribution in [0, 0.1) is 6.92 Å². The Bertz CT molecular complexity index is 883. The lowest BCUT2D eigenvalue weighted by Crippen LogP contribution is -2.56. The molecule has 0 saturated carbocycles. The van der Waals surface area contributed by atoms with Gasteiger partial charge < -0.3 is 24.6 Å². The molecule has 2 saturated heterocycles. The number of rotatable bonds is 5. The fourth-order valence-electron chi connectivity index (χ4n) is 4.55. The van der Waals surface area contributed by atoms with Crippen LogP contribution in [0.15, 0.2) is 18.2 Å². The maximum atomic E-state index is 12.8. The van der Waals surface area contributed by atoms with Crippen molar-refractivity contribution in [1.29, 1.82) is 0 Å². The molecule has 4 rings (SSSR count). The van der Waals surface area contributed by atoms with Gasteiger partial charge >= 0.3 is 0 Å². The minimum absolute atomic E-state index is 0.0323. The molecule has 3 heterocycles. The first kappa shape index (κ1) is 22.5. The Balaban J connectivity index is 1.35. The van der Waals surface area contributed by atoms with Gasteiger partial charge in [-0.1, -0.05) is 11.6 Å². The van der Waals surface area contributed by atoms with Crippen molar-refractivity contribution in [1.82, 2.24) is 20.0 Å². The molecule has 0 bridgehead atoms. The van der Waals surface area contributed by atoms with Crippen LogP contribution in [-0.2, 0) is 14.3 Å². The van der Waals surface area contributed by atoms with Crippen molar-refractivity contribution in [3.63, 3.8) is 0 Å². The molecule has 3 amide bonds. The Labute approximate surface area is 188 Å². The van der Waals surface area contributed by atoms with Crippen LogP contribution < -0.4 is 10.1 Å². The van der Waals surface area contributed by atoms with Gasteiger partial charge in [0, 0.05) is 65.6 Å². The fourth-order valence-corrected chi connectivity index (χ4v) is 4.55. The minimum Gasteiger partial charge on any atom is -0.467 e. The number of nitrogens with zero attached hydrogens (tertiary/aromatic N) is 3. The monoisotopic (exact) mass is 444 g/mol. The highest BCUT2D eigenvalue weighted by molar-refractivity contribution is 5.98. The summed E-state index contributed by atoms with van der Waals surface area (Å²) in [6, 6.07) is 5.53. The molecule has 32 heavy (non-hydrogen) atoms. The highest BCUT2D eigenvalue weighted by atomic mass is 16.5. The number of benzene rings is 1. The van der Waals surface area contributed by atoms with Crippen LogP contribution in [0.2, 0.25) is 0 Å². The van der Waals surface area contributed by atoms with Gasteiger partial charge in [0.1, 0.15) is 5.75 Å². The zero-order valence-corrected chi connectivity index (χ0v) is 18.9. The lowest BCUT2D eigenvalue weighted by Gasteiger charge is -2.38. The Morgan fingerprint density at radius 3 is 2.69 bits per heavy atom.